The molecule has 0 aliphatic heterocycles. The van der Waals surface area contributed by atoms with Gasteiger partial charge in [0.05, 0.1) is 12.8 Å². The van der Waals surface area contributed by atoms with Crippen LogP contribution in [0, 0.1) is 12.3 Å². The third-order valence-corrected chi connectivity index (χ3v) is 3.98. The van der Waals surface area contributed by atoms with Gasteiger partial charge < -0.3 is 30.6 Å². The third kappa shape index (κ3) is 9.82. The molecule has 0 spiro atoms. The van der Waals surface area contributed by atoms with Crippen molar-refractivity contribution in [1.29, 1.82) is 5.41 Å². The average molecular weight is 686 g/mol. The summed E-state index contributed by atoms with van der Waals surface area (Å²) in [5.41, 5.74) is 1.80. The zero-order valence-corrected chi connectivity index (χ0v) is 20.9. The Morgan fingerprint density at radius 2 is 1.91 bits per heavy atom. The van der Waals surface area contributed by atoms with Crippen LogP contribution in [0.1, 0.15) is 39.2 Å². The van der Waals surface area contributed by atoms with Crippen molar-refractivity contribution in [2.75, 3.05) is 6.54 Å². The van der Waals surface area contributed by atoms with Gasteiger partial charge in [0.15, 0.2) is 5.78 Å². The number of aryl methyl sites for hydroxylation is 1. The van der Waals surface area contributed by atoms with Crippen LogP contribution in [-0.4, -0.2) is 53.5 Å². The van der Waals surface area contributed by atoms with E-state index in [0.717, 1.165) is 0 Å². The number of hydrogen-bond acceptors (Lipinski definition) is 6. The number of H-pyrrole nitrogens is 1. The van der Waals surface area contributed by atoms with E-state index >= 15 is 0 Å². The molecule has 0 fully saturated rings. The number of Topliss-reactive ketones (excluding diaryl/α,β-unsaturated/α-hetero) is 1. The number of nitrogens with one attached hydrogen (secondary N) is 4. The number of carbonyl (C=O) groups is 3. The maximum Gasteiger partial charge on any atom is 0.329 e. The number of aromatic amines is 1. The molecule has 1 aromatic heterocycles. The second-order valence-corrected chi connectivity index (χ2v) is 7.78. The fourth-order valence-corrected chi connectivity index (χ4v) is 2.56. The molecule has 0 aliphatic rings. The van der Waals surface area contributed by atoms with Crippen molar-refractivity contribution >= 4 is 41.2 Å². The van der Waals surface area contributed by atoms with Crippen molar-refractivity contribution in [1.82, 2.24) is 15.6 Å². The Morgan fingerprint density at radius 3 is 2.47 bits per heavy atom. The van der Waals surface area contributed by atoms with E-state index in [1.54, 1.807) is 20.8 Å². The van der Waals surface area contributed by atoms with Crippen molar-refractivity contribution < 1.29 is 23.9 Å². The van der Waals surface area contributed by atoms with Crippen molar-refractivity contribution in [3.8, 4) is 0 Å². The normalized spacial score (nSPS) is 11.1. The van der Waals surface area contributed by atoms with Crippen molar-refractivity contribution in [3.05, 3.63) is 36.0 Å². The predicted molar refractivity (Wildman–Crippen MR) is 118 cm³/mol. The van der Waals surface area contributed by atoms with Crippen LogP contribution < -0.4 is 10.6 Å². The van der Waals surface area contributed by atoms with Crippen LogP contribution in [0.4, 0.5) is 0 Å². The molecular formula is C22H29FmN4O5-. The first kappa shape index (κ1) is 27.5. The van der Waals surface area contributed by atoms with Crippen LogP contribution in [0.3, 0.4) is 0 Å². The first-order valence-electron chi connectivity index (χ1n) is 9.75. The molecule has 1 atom stereocenters. The number of para-hydroxylation sites is 1. The number of rotatable bonds is 9. The summed E-state index contributed by atoms with van der Waals surface area (Å²) in [6.45, 7) is 6.81. The molecule has 1 unspecified atom stereocenters. The van der Waals surface area contributed by atoms with Gasteiger partial charge in [-0.25, -0.2) is 4.79 Å². The smallest absolute Gasteiger partial charge is 0.329 e. The molecule has 9 nitrogen and oxygen atoms in total. The van der Waals surface area contributed by atoms with Crippen molar-refractivity contribution in [3.63, 3.8) is 0 Å². The number of amides is 2. The van der Waals surface area contributed by atoms with Gasteiger partial charge in [0, 0.05) is 23.5 Å². The van der Waals surface area contributed by atoms with Crippen LogP contribution in [-0.2, 0) is 23.9 Å². The summed E-state index contributed by atoms with van der Waals surface area (Å²) < 4.78 is 5.15. The molecule has 1 aromatic carbocycles. The van der Waals surface area contributed by atoms with Crippen LogP contribution in [0.5, 0.6) is 0 Å². The average Bonchev–Trinajstić information content (AvgIpc) is 3.09. The van der Waals surface area contributed by atoms with Crippen molar-refractivity contribution in [2.24, 2.45) is 0 Å². The minimum atomic E-state index is -1.02. The SMILES string of the molecule is CC(C)(C)OC(=O)C(CCC(=O)C=N)NC(=O)CN[C-]=O.Cc1c[nH]c2ccccc12.[Fm]. The summed E-state index contributed by atoms with van der Waals surface area (Å²) in [7, 11) is 0. The van der Waals surface area contributed by atoms with Gasteiger partial charge in [-0.1, -0.05) is 18.2 Å². The van der Waals surface area contributed by atoms with Gasteiger partial charge in [0.1, 0.15) is 11.6 Å². The van der Waals surface area contributed by atoms with E-state index in [0.29, 0.717) is 6.21 Å². The standard InChI is InChI=1S/C13H20N3O5.C9H9N.Fm/c1-13(2,3)21-12(20)10(5-4-9(18)6-14)16-11(19)7-15-8-17;1-7-6-10-9-5-3-2-4-8(7)9;/h6,10,14H,4-5,7H2,1-3H3,(H,15,17)(H,16,19);2-6,10H,1H3;/q-1;;. The first-order chi connectivity index (χ1) is 14.6. The topological polar surface area (TPSA) is 141 Å². The minimum Gasteiger partial charge on any atom is -0.522 e. The fraction of sp³-hybridized carbons (Fsp3) is 0.409. The number of carbonyl (C=O) groups excluding carboxylic acids is 4. The van der Waals surface area contributed by atoms with Gasteiger partial charge in [-0.15, -0.1) is 0 Å². The second-order valence-electron chi connectivity index (χ2n) is 7.78. The summed E-state index contributed by atoms with van der Waals surface area (Å²) in [5, 5.41) is 12.5. The maximum absolute atomic E-state index is 12.0. The van der Waals surface area contributed by atoms with Crippen LogP contribution in [0.15, 0.2) is 30.5 Å². The minimum absolute atomic E-state index is 0. The summed E-state index contributed by atoms with van der Waals surface area (Å²) in [6, 6.07) is 7.29. The van der Waals surface area contributed by atoms with Crippen LogP contribution in [0.25, 0.3) is 10.9 Å². The molecule has 180 valence electrons. The van der Waals surface area contributed by atoms with E-state index in [2.05, 4.69) is 35.4 Å². The number of esters is 1. The Hall–Kier alpha value is -4.49. The van der Waals surface area contributed by atoms with Gasteiger partial charge >= 0.3 is 5.97 Å². The van der Waals surface area contributed by atoms with E-state index in [1.165, 1.54) is 22.9 Å². The fourth-order valence-electron chi connectivity index (χ4n) is 2.56. The molecule has 2 amide bonds. The van der Waals surface area contributed by atoms with Crippen LogP contribution in [0.2, 0.25) is 0 Å². The zero-order valence-electron chi connectivity index (χ0n) is 18.5. The molecule has 0 radical (unpaired) electrons. The van der Waals surface area contributed by atoms with E-state index in [1.807, 2.05) is 17.6 Å². The first-order valence-corrected chi connectivity index (χ1v) is 9.75. The quantitative estimate of drug-likeness (QED) is 0.138. The zero-order chi connectivity index (χ0) is 23.4. The molecule has 32 heavy (non-hydrogen) atoms. The summed E-state index contributed by atoms with van der Waals surface area (Å²) in [4.78, 5) is 47.8. The molecule has 10 heteroatoms. The van der Waals surface area contributed by atoms with E-state index in [9.17, 15) is 19.2 Å². The number of aromatic nitrogens is 1. The van der Waals surface area contributed by atoms with Crippen LogP contribution >= 0.6 is 0 Å². The summed E-state index contributed by atoms with van der Waals surface area (Å²) in [5.74, 6) is -1.74. The maximum atomic E-state index is 12.0. The molecule has 0 saturated heterocycles. The Balaban J connectivity index is 0.000000719. The molecular weight excluding hydrogens is 657 g/mol. The summed E-state index contributed by atoms with van der Waals surface area (Å²) >= 11 is 0. The number of benzene rings is 1. The van der Waals surface area contributed by atoms with E-state index in [-0.39, 0.29) is 19.4 Å². The Morgan fingerprint density at radius 1 is 1.25 bits per heavy atom. The number of ketones is 1. The van der Waals surface area contributed by atoms with E-state index < -0.39 is 29.3 Å². The monoisotopic (exact) mass is 686 g/mol. The number of hydrogen-bond donors (Lipinski definition) is 4. The van der Waals surface area contributed by atoms with Gasteiger partial charge in [0.25, 0.3) is 0 Å². The molecule has 4 N–H and O–H groups in total. The molecule has 2 rings (SSSR count). The predicted octanol–water partition coefficient (Wildman–Crippen LogP) is 1.94. The molecule has 1 heterocycles. The van der Waals surface area contributed by atoms with Gasteiger partial charge in [0.2, 0.25) is 5.91 Å². The molecule has 2 aromatic rings. The van der Waals surface area contributed by atoms with Gasteiger partial charge in [-0.3, -0.25) is 9.59 Å². The van der Waals surface area contributed by atoms with Crippen molar-refractivity contribution in [2.45, 2.75) is 52.2 Å². The molecule has 0 aliphatic carbocycles. The Kier molecular flexibility index (Phi) is 11.1. The van der Waals surface area contributed by atoms with E-state index in [4.69, 9.17) is 10.1 Å². The number of fused-ring (bicyclic) bond motifs is 1. The Labute approximate surface area is 181 Å². The largest absolute Gasteiger partial charge is 0.522 e. The van der Waals surface area contributed by atoms with Gasteiger partial charge in [-0.2, -0.15) is 6.41 Å². The van der Waals surface area contributed by atoms with Gasteiger partial charge in [-0.05, 0) is 45.7 Å². The molecule has 0 bridgehead atoms. The molecule has 0 saturated carbocycles. The second kappa shape index (κ2) is 12.9. The summed E-state index contributed by atoms with van der Waals surface area (Å²) in [6.07, 6.45) is 3.96. The number of ether oxygens (including phenoxy) is 1. The third-order valence-electron chi connectivity index (χ3n) is 3.98. The Bertz CT molecular complexity index is 920.